The second kappa shape index (κ2) is 8.06. The summed E-state index contributed by atoms with van der Waals surface area (Å²) in [6.45, 7) is 14.0. The zero-order chi connectivity index (χ0) is 13.5. The Balaban J connectivity index is 4.08. The predicted molar refractivity (Wildman–Crippen MR) is 73.2 cm³/mol. The van der Waals surface area contributed by atoms with Crippen molar-refractivity contribution in [3.05, 3.63) is 0 Å². The summed E-state index contributed by atoms with van der Waals surface area (Å²) in [6.07, 6.45) is 2.61. The molecule has 2 N–H and O–H groups in total. The molecule has 0 aromatic carbocycles. The first kappa shape index (κ1) is 16.9. The third-order valence-corrected chi connectivity index (χ3v) is 3.31. The molecule has 2 unspecified atom stereocenters. The number of rotatable bonds is 8. The molecule has 0 saturated carbocycles. The fourth-order valence-corrected chi connectivity index (χ4v) is 1.42. The van der Waals surface area contributed by atoms with Gasteiger partial charge >= 0.3 is 0 Å². The molecule has 0 aromatic rings. The van der Waals surface area contributed by atoms with Gasteiger partial charge in [0.1, 0.15) is 0 Å². The minimum absolute atomic E-state index is 0.00447. The number of ether oxygens (including phenoxy) is 2. The van der Waals surface area contributed by atoms with Crippen molar-refractivity contribution in [2.75, 3.05) is 13.2 Å². The van der Waals surface area contributed by atoms with Crippen LogP contribution in [0.25, 0.3) is 0 Å². The molecule has 0 radical (unpaired) electrons. The van der Waals surface area contributed by atoms with E-state index in [-0.39, 0.29) is 17.6 Å². The van der Waals surface area contributed by atoms with Crippen molar-refractivity contribution in [2.24, 2.45) is 11.1 Å². The highest BCUT2D eigenvalue weighted by atomic mass is 16.5. The van der Waals surface area contributed by atoms with Crippen molar-refractivity contribution in [3.63, 3.8) is 0 Å². The van der Waals surface area contributed by atoms with E-state index in [1.807, 2.05) is 0 Å². The van der Waals surface area contributed by atoms with Crippen LogP contribution in [0.15, 0.2) is 0 Å². The topological polar surface area (TPSA) is 44.5 Å². The highest BCUT2D eigenvalue weighted by molar-refractivity contribution is 4.72. The van der Waals surface area contributed by atoms with E-state index in [1.165, 1.54) is 0 Å². The molecule has 0 heterocycles. The smallest absolute Gasteiger partial charge is 0.0934 e. The molecule has 0 amide bonds. The Bertz CT molecular complexity index is 185. The van der Waals surface area contributed by atoms with E-state index in [9.17, 15) is 0 Å². The van der Waals surface area contributed by atoms with E-state index in [0.29, 0.717) is 19.3 Å². The lowest BCUT2D eigenvalue weighted by Crippen LogP contribution is -2.38. The summed E-state index contributed by atoms with van der Waals surface area (Å²) in [4.78, 5) is 0. The summed E-state index contributed by atoms with van der Waals surface area (Å²) in [7, 11) is 0. The first-order valence-corrected chi connectivity index (χ1v) is 6.82. The van der Waals surface area contributed by atoms with Crippen LogP contribution in [0.1, 0.15) is 54.4 Å². The molecule has 0 spiro atoms. The molecule has 0 aliphatic carbocycles. The van der Waals surface area contributed by atoms with E-state index in [0.717, 1.165) is 12.8 Å². The Hall–Kier alpha value is -0.120. The second-order valence-electron chi connectivity index (χ2n) is 5.77. The van der Waals surface area contributed by atoms with Gasteiger partial charge < -0.3 is 15.2 Å². The van der Waals surface area contributed by atoms with Gasteiger partial charge in [0.2, 0.25) is 0 Å². The zero-order valence-electron chi connectivity index (χ0n) is 12.5. The fourth-order valence-electron chi connectivity index (χ4n) is 1.42. The third-order valence-electron chi connectivity index (χ3n) is 3.31. The van der Waals surface area contributed by atoms with Gasteiger partial charge in [-0.1, -0.05) is 34.6 Å². The monoisotopic (exact) mass is 245 g/mol. The molecule has 17 heavy (non-hydrogen) atoms. The summed E-state index contributed by atoms with van der Waals surface area (Å²) in [5.41, 5.74) is 5.87. The first-order chi connectivity index (χ1) is 7.85. The molecule has 0 fully saturated rings. The highest BCUT2D eigenvalue weighted by Crippen LogP contribution is 2.22. The third kappa shape index (κ3) is 7.02. The quantitative estimate of drug-likeness (QED) is 0.715. The van der Waals surface area contributed by atoms with Gasteiger partial charge in [0.15, 0.2) is 0 Å². The summed E-state index contributed by atoms with van der Waals surface area (Å²) in [6, 6.07) is 0. The van der Waals surface area contributed by atoms with Gasteiger partial charge in [-0.2, -0.15) is 0 Å². The van der Waals surface area contributed by atoms with Gasteiger partial charge in [-0.05, 0) is 25.2 Å². The largest absolute Gasteiger partial charge is 0.375 e. The van der Waals surface area contributed by atoms with Gasteiger partial charge in [-0.15, -0.1) is 0 Å². The molecule has 3 heteroatoms. The van der Waals surface area contributed by atoms with Crippen molar-refractivity contribution in [2.45, 2.75) is 72.7 Å². The maximum absolute atomic E-state index is 5.95. The molecule has 104 valence electrons. The van der Waals surface area contributed by atoms with Gasteiger partial charge in [0.25, 0.3) is 0 Å². The summed E-state index contributed by atoms with van der Waals surface area (Å²) < 4.78 is 11.8. The summed E-state index contributed by atoms with van der Waals surface area (Å²) in [5, 5.41) is 0. The van der Waals surface area contributed by atoms with Crippen LogP contribution in [0.4, 0.5) is 0 Å². The maximum atomic E-state index is 5.95. The van der Waals surface area contributed by atoms with Crippen molar-refractivity contribution in [1.82, 2.24) is 0 Å². The van der Waals surface area contributed by atoms with E-state index in [4.69, 9.17) is 15.2 Å². The van der Waals surface area contributed by atoms with Crippen molar-refractivity contribution in [3.8, 4) is 0 Å². The maximum Gasteiger partial charge on any atom is 0.0934 e. The van der Waals surface area contributed by atoms with E-state index < -0.39 is 0 Å². The van der Waals surface area contributed by atoms with E-state index in [2.05, 4.69) is 41.5 Å². The van der Waals surface area contributed by atoms with Crippen LogP contribution in [-0.4, -0.2) is 31.5 Å². The lowest BCUT2D eigenvalue weighted by Gasteiger charge is -2.31. The molecular weight excluding hydrogens is 214 g/mol. The number of hydrogen-bond donors (Lipinski definition) is 1. The van der Waals surface area contributed by atoms with Gasteiger partial charge in [0.05, 0.1) is 24.9 Å². The SMILES string of the molecule is CCC(CC)OCC(CN)OC(C)C(C)(C)C. The minimum atomic E-state index is 0.00447. The lowest BCUT2D eigenvalue weighted by atomic mass is 9.90. The fraction of sp³-hybridized carbons (Fsp3) is 1.00. The molecule has 0 rings (SSSR count). The Morgan fingerprint density at radius 1 is 1.06 bits per heavy atom. The predicted octanol–water partition coefficient (Wildman–Crippen LogP) is 2.97. The van der Waals surface area contributed by atoms with Crippen LogP contribution in [0, 0.1) is 5.41 Å². The van der Waals surface area contributed by atoms with E-state index in [1.54, 1.807) is 0 Å². The average molecular weight is 245 g/mol. The molecule has 0 aliphatic rings. The summed E-state index contributed by atoms with van der Waals surface area (Å²) >= 11 is 0. The Morgan fingerprint density at radius 2 is 1.59 bits per heavy atom. The van der Waals surface area contributed by atoms with Crippen LogP contribution in [0.2, 0.25) is 0 Å². The molecule has 0 aromatic heterocycles. The number of hydrogen-bond acceptors (Lipinski definition) is 3. The standard InChI is InChI=1S/C14H31NO2/c1-7-12(8-2)16-10-13(9-15)17-11(3)14(4,5)6/h11-13H,7-10,15H2,1-6H3. The average Bonchev–Trinajstić information content (AvgIpc) is 2.27. The Morgan fingerprint density at radius 3 is 1.94 bits per heavy atom. The lowest BCUT2D eigenvalue weighted by molar-refractivity contribution is -0.0958. The van der Waals surface area contributed by atoms with Crippen LogP contribution < -0.4 is 5.73 Å². The second-order valence-corrected chi connectivity index (χ2v) is 5.77. The Kier molecular flexibility index (Phi) is 8.01. The molecule has 3 nitrogen and oxygen atoms in total. The number of nitrogens with two attached hydrogens (primary N) is 1. The molecule has 0 bridgehead atoms. The summed E-state index contributed by atoms with van der Waals surface area (Å²) in [5.74, 6) is 0. The minimum Gasteiger partial charge on any atom is -0.375 e. The van der Waals surface area contributed by atoms with Crippen LogP contribution >= 0.6 is 0 Å². The first-order valence-electron chi connectivity index (χ1n) is 6.82. The molecular formula is C14H31NO2. The molecule has 2 atom stereocenters. The van der Waals surface area contributed by atoms with Gasteiger partial charge in [-0.3, -0.25) is 0 Å². The van der Waals surface area contributed by atoms with Crippen LogP contribution in [0.3, 0.4) is 0 Å². The molecule has 0 aliphatic heterocycles. The normalized spacial score (nSPS) is 16.2. The zero-order valence-corrected chi connectivity index (χ0v) is 12.5. The van der Waals surface area contributed by atoms with Crippen molar-refractivity contribution >= 4 is 0 Å². The Labute approximate surface area is 107 Å². The molecule has 0 saturated heterocycles. The van der Waals surface area contributed by atoms with Crippen molar-refractivity contribution < 1.29 is 9.47 Å². The van der Waals surface area contributed by atoms with Crippen LogP contribution in [0.5, 0.6) is 0 Å². The highest BCUT2D eigenvalue weighted by Gasteiger charge is 2.24. The van der Waals surface area contributed by atoms with Crippen molar-refractivity contribution in [1.29, 1.82) is 0 Å². The van der Waals surface area contributed by atoms with Gasteiger partial charge in [0, 0.05) is 6.54 Å². The van der Waals surface area contributed by atoms with E-state index >= 15 is 0 Å². The van der Waals surface area contributed by atoms with Gasteiger partial charge in [-0.25, -0.2) is 0 Å². The van der Waals surface area contributed by atoms with Crippen LogP contribution in [-0.2, 0) is 9.47 Å².